The highest BCUT2D eigenvalue weighted by Gasteiger charge is 2.18. The van der Waals surface area contributed by atoms with Crippen molar-refractivity contribution in [3.63, 3.8) is 0 Å². The number of Topliss-reactive ketones (excluding diaryl/α,β-unsaturated/α-hetero) is 1. The number of fused-ring (bicyclic) bond motifs is 1. The van der Waals surface area contributed by atoms with Crippen LogP contribution in [-0.2, 0) is 12.8 Å². The molecule has 4 aromatic rings. The van der Waals surface area contributed by atoms with Crippen molar-refractivity contribution in [3.8, 4) is 11.1 Å². The topological polar surface area (TPSA) is 34.4 Å². The van der Waals surface area contributed by atoms with Crippen molar-refractivity contribution in [2.24, 2.45) is 0 Å². The Bertz CT molecular complexity index is 1180. The van der Waals surface area contributed by atoms with Gasteiger partial charge in [-0.25, -0.2) is 4.98 Å². The van der Waals surface area contributed by atoms with Crippen LogP contribution < -0.4 is 0 Å². The summed E-state index contributed by atoms with van der Waals surface area (Å²) in [6, 6.07) is 20.5. The highest BCUT2D eigenvalue weighted by Crippen LogP contribution is 2.22. The Labute approximate surface area is 176 Å². The SMILES string of the molecule is CCc1nc2cc(Cl)ccn2c1C(=O)CCc1ccc(-c2cccc(C)c2)cc1. The lowest BCUT2D eigenvalue weighted by Gasteiger charge is -2.07. The molecule has 2 heterocycles. The third-order valence-corrected chi connectivity index (χ3v) is 5.44. The fraction of sp³-hybridized carbons (Fsp3) is 0.200. The molecule has 0 saturated carbocycles. The average Bonchev–Trinajstić information content (AvgIpc) is 3.10. The summed E-state index contributed by atoms with van der Waals surface area (Å²) in [6.45, 7) is 4.12. The van der Waals surface area contributed by atoms with Gasteiger partial charge in [0.1, 0.15) is 11.3 Å². The van der Waals surface area contributed by atoms with Gasteiger partial charge in [0.25, 0.3) is 0 Å². The zero-order valence-corrected chi connectivity index (χ0v) is 17.4. The van der Waals surface area contributed by atoms with E-state index in [0.29, 0.717) is 30.0 Å². The van der Waals surface area contributed by atoms with Gasteiger partial charge in [0.05, 0.1) is 5.69 Å². The predicted molar refractivity (Wildman–Crippen MR) is 119 cm³/mol. The smallest absolute Gasteiger partial charge is 0.181 e. The van der Waals surface area contributed by atoms with Gasteiger partial charge in [0.15, 0.2) is 5.78 Å². The molecule has 2 aromatic heterocycles. The molecule has 0 radical (unpaired) electrons. The van der Waals surface area contributed by atoms with Crippen LogP contribution >= 0.6 is 11.6 Å². The van der Waals surface area contributed by atoms with Crippen molar-refractivity contribution in [3.05, 3.63) is 94.4 Å². The van der Waals surface area contributed by atoms with Gasteiger partial charge in [-0.3, -0.25) is 9.20 Å². The predicted octanol–water partition coefficient (Wildman–Crippen LogP) is 6.34. The van der Waals surface area contributed by atoms with E-state index in [9.17, 15) is 4.79 Å². The van der Waals surface area contributed by atoms with E-state index in [0.717, 1.165) is 16.9 Å². The third kappa shape index (κ3) is 4.10. The summed E-state index contributed by atoms with van der Waals surface area (Å²) in [5.41, 5.74) is 7.03. The molecule has 0 aliphatic carbocycles. The molecule has 0 unspecified atom stereocenters. The molecule has 0 aliphatic heterocycles. The molecule has 29 heavy (non-hydrogen) atoms. The van der Waals surface area contributed by atoms with Gasteiger partial charge in [0, 0.05) is 23.7 Å². The summed E-state index contributed by atoms with van der Waals surface area (Å²) in [5.74, 6) is 0.111. The molecule has 4 rings (SSSR count). The normalized spacial score (nSPS) is 11.1. The summed E-state index contributed by atoms with van der Waals surface area (Å²) in [6.07, 6.45) is 3.70. The Hall–Kier alpha value is -2.91. The fourth-order valence-corrected chi connectivity index (χ4v) is 3.83. The van der Waals surface area contributed by atoms with Crippen LogP contribution in [0.15, 0.2) is 66.9 Å². The minimum absolute atomic E-state index is 0.111. The van der Waals surface area contributed by atoms with E-state index in [1.807, 2.05) is 17.5 Å². The number of rotatable bonds is 6. The van der Waals surface area contributed by atoms with Gasteiger partial charge < -0.3 is 0 Å². The van der Waals surface area contributed by atoms with Crippen molar-refractivity contribution in [1.82, 2.24) is 9.38 Å². The van der Waals surface area contributed by atoms with Crippen molar-refractivity contribution in [1.29, 1.82) is 0 Å². The number of halogens is 1. The van der Waals surface area contributed by atoms with Crippen LogP contribution in [0.3, 0.4) is 0 Å². The number of aromatic nitrogens is 2. The molecule has 3 nitrogen and oxygen atoms in total. The molecule has 0 aliphatic rings. The zero-order chi connectivity index (χ0) is 20.4. The molecule has 0 bridgehead atoms. The number of carbonyl (C=O) groups excluding carboxylic acids is 1. The molecular weight excluding hydrogens is 380 g/mol. The summed E-state index contributed by atoms with van der Waals surface area (Å²) < 4.78 is 1.86. The van der Waals surface area contributed by atoms with Gasteiger partial charge in [0.2, 0.25) is 0 Å². The highest BCUT2D eigenvalue weighted by atomic mass is 35.5. The van der Waals surface area contributed by atoms with Crippen molar-refractivity contribution in [2.45, 2.75) is 33.1 Å². The Morgan fingerprint density at radius 2 is 1.83 bits per heavy atom. The van der Waals surface area contributed by atoms with Crippen molar-refractivity contribution < 1.29 is 4.79 Å². The maximum absolute atomic E-state index is 13.0. The van der Waals surface area contributed by atoms with E-state index >= 15 is 0 Å². The van der Waals surface area contributed by atoms with E-state index in [1.54, 1.807) is 12.1 Å². The minimum atomic E-state index is 0.111. The average molecular weight is 403 g/mol. The van der Waals surface area contributed by atoms with Crippen LogP contribution in [0, 0.1) is 6.92 Å². The lowest BCUT2D eigenvalue weighted by Crippen LogP contribution is -2.07. The first-order valence-electron chi connectivity index (χ1n) is 9.91. The fourth-order valence-electron chi connectivity index (χ4n) is 3.68. The number of aryl methyl sites for hydroxylation is 3. The molecule has 0 amide bonds. The molecule has 0 atom stereocenters. The second-order valence-electron chi connectivity index (χ2n) is 7.32. The van der Waals surface area contributed by atoms with Gasteiger partial charge in [-0.1, -0.05) is 72.6 Å². The molecule has 4 heteroatoms. The first kappa shape index (κ1) is 19.4. The van der Waals surface area contributed by atoms with Crippen LogP contribution in [0.1, 0.15) is 40.7 Å². The summed E-state index contributed by atoms with van der Waals surface area (Å²) in [5, 5.41) is 0.623. The molecule has 0 N–H and O–H groups in total. The number of hydrogen-bond acceptors (Lipinski definition) is 2. The maximum atomic E-state index is 13.0. The molecule has 0 spiro atoms. The van der Waals surface area contributed by atoms with Crippen LogP contribution in [0.4, 0.5) is 0 Å². The van der Waals surface area contributed by atoms with Crippen molar-refractivity contribution in [2.75, 3.05) is 0 Å². The first-order valence-corrected chi connectivity index (χ1v) is 10.3. The first-order chi connectivity index (χ1) is 14.0. The lowest BCUT2D eigenvalue weighted by atomic mass is 9.99. The van der Waals surface area contributed by atoms with Crippen LogP contribution in [0.2, 0.25) is 5.02 Å². The van der Waals surface area contributed by atoms with Crippen LogP contribution in [0.25, 0.3) is 16.8 Å². The summed E-state index contributed by atoms with van der Waals surface area (Å²) in [7, 11) is 0. The number of ketones is 1. The van der Waals surface area contributed by atoms with Gasteiger partial charge in [-0.05, 0) is 42.5 Å². The number of carbonyl (C=O) groups is 1. The van der Waals surface area contributed by atoms with Gasteiger partial charge in [-0.2, -0.15) is 0 Å². The second kappa shape index (κ2) is 8.22. The lowest BCUT2D eigenvalue weighted by molar-refractivity contribution is 0.0976. The summed E-state index contributed by atoms with van der Waals surface area (Å²) in [4.78, 5) is 17.6. The van der Waals surface area contributed by atoms with E-state index in [4.69, 9.17) is 11.6 Å². The van der Waals surface area contributed by atoms with Crippen molar-refractivity contribution >= 4 is 23.0 Å². The summed E-state index contributed by atoms with van der Waals surface area (Å²) >= 11 is 6.07. The third-order valence-electron chi connectivity index (χ3n) is 5.21. The molecule has 146 valence electrons. The molecule has 0 fully saturated rings. The molecule has 0 saturated heterocycles. The largest absolute Gasteiger partial charge is 0.297 e. The Morgan fingerprint density at radius 1 is 1.03 bits per heavy atom. The minimum Gasteiger partial charge on any atom is -0.297 e. The number of imidazole rings is 1. The molecular formula is C25H23ClN2O. The number of pyridine rings is 1. The Balaban J connectivity index is 1.51. The van der Waals surface area contributed by atoms with E-state index in [-0.39, 0.29) is 5.78 Å². The van der Waals surface area contributed by atoms with Gasteiger partial charge >= 0.3 is 0 Å². The van der Waals surface area contributed by atoms with E-state index in [2.05, 4.69) is 60.4 Å². The highest BCUT2D eigenvalue weighted by molar-refractivity contribution is 6.30. The Kier molecular flexibility index (Phi) is 5.50. The number of benzene rings is 2. The quantitative estimate of drug-likeness (QED) is 0.352. The molecule has 2 aromatic carbocycles. The number of hydrogen-bond donors (Lipinski definition) is 0. The van der Waals surface area contributed by atoms with Gasteiger partial charge in [-0.15, -0.1) is 0 Å². The van der Waals surface area contributed by atoms with Crippen LogP contribution in [-0.4, -0.2) is 15.2 Å². The zero-order valence-electron chi connectivity index (χ0n) is 16.7. The maximum Gasteiger partial charge on any atom is 0.181 e. The number of nitrogens with zero attached hydrogens (tertiary/aromatic N) is 2. The van der Waals surface area contributed by atoms with Crippen LogP contribution in [0.5, 0.6) is 0 Å². The Morgan fingerprint density at radius 3 is 2.55 bits per heavy atom. The monoisotopic (exact) mass is 402 g/mol. The van der Waals surface area contributed by atoms with E-state index in [1.165, 1.54) is 16.7 Å². The van der Waals surface area contributed by atoms with E-state index < -0.39 is 0 Å². The second-order valence-corrected chi connectivity index (χ2v) is 7.76. The standard InChI is InChI=1S/C25H23ClN2O/c1-3-22-25(28-14-13-21(26)16-24(28)27-22)23(29)12-9-18-7-10-19(11-8-18)20-6-4-5-17(2)15-20/h4-8,10-11,13-16H,3,9,12H2,1-2H3.